The van der Waals surface area contributed by atoms with E-state index in [1.807, 2.05) is 11.8 Å². The molecule has 3 nitrogen and oxygen atoms in total. The van der Waals surface area contributed by atoms with Gasteiger partial charge in [-0.3, -0.25) is 0 Å². The van der Waals surface area contributed by atoms with Gasteiger partial charge in [0.05, 0.1) is 17.1 Å². The fraction of sp³-hybridized carbons (Fsp3) is 0.0980. The summed E-state index contributed by atoms with van der Waals surface area (Å²) in [6.45, 7) is 4.64. The predicted octanol–water partition coefficient (Wildman–Crippen LogP) is 13.6. The van der Waals surface area contributed by atoms with Gasteiger partial charge in [0, 0.05) is 43.1 Å². The normalized spacial score (nSPS) is 13.4. The number of hydrogen-bond acceptors (Lipinski definition) is 4. The first-order chi connectivity index (χ1) is 27.6. The van der Waals surface area contributed by atoms with Gasteiger partial charge in [-0.25, -0.2) is 0 Å². The van der Waals surface area contributed by atoms with Crippen LogP contribution in [-0.2, 0) is 0 Å². The molecule has 0 spiro atoms. The minimum atomic E-state index is 0.456. The second kappa shape index (κ2) is 13.2. The minimum Gasteiger partial charge on any atom is -0.456 e. The van der Waals surface area contributed by atoms with E-state index in [0.29, 0.717) is 5.92 Å². The van der Waals surface area contributed by atoms with Crippen molar-refractivity contribution in [3.63, 3.8) is 0 Å². The first-order valence-corrected chi connectivity index (χ1v) is 20.5. The maximum Gasteiger partial charge on any atom is 0.198 e. The Morgan fingerprint density at radius 3 is 2.32 bits per heavy atom. The number of nitrogens with one attached hydrogen (secondary N) is 1. The average Bonchev–Trinajstić information content (AvgIpc) is 3.61. The molecule has 2 aliphatic heterocycles. The Bertz CT molecular complexity index is 3010. The summed E-state index contributed by atoms with van der Waals surface area (Å²) >= 11 is 1.83. The molecule has 0 saturated heterocycles. The van der Waals surface area contributed by atoms with Gasteiger partial charge in [-0.1, -0.05) is 141 Å². The molecule has 0 fully saturated rings. The second-order valence-corrected chi connectivity index (χ2v) is 16.2. The molecule has 267 valence electrons. The number of benzene rings is 8. The topological polar surface area (TPSA) is 28.4 Å². The summed E-state index contributed by atoms with van der Waals surface area (Å²) in [5.41, 5.74) is 16.1. The zero-order valence-electron chi connectivity index (χ0n) is 31.3. The molecule has 2 aliphatic rings. The Kier molecular flexibility index (Phi) is 7.85. The second-order valence-electron chi connectivity index (χ2n) is 15.1. The molecule has 0 unspecified atom stereocenters. The summed E-state index contributed by atoms with van der Waals surface area (Å²) in [7, 11) is 2.40. The van der Waals surface area contributed by atoms with Crippen molar-refractivity contribution in [3.8, 4) is 22.3 Å². The molecular weight excluding hydrogens is 699 g/mol. The standard InChI is InChI=1S/C51H38BN2OS/c1-3-14-31(2)33-25-26-42(38(27-33)32-15-5-4-6-16-32)54-43-29-39-36-19-9-11-22-45(36)55-46(39)30-40(43)52-50-44(54)28-34-17-7-8-18-35(34)49(50)37-20-13-24-48-51(37)53-41-21-10-12-23-47(41)56-48/h4-13,15-31,53H,3,14H2,1-2H3/t31-/m0/s1. The van der Waals surface area contributed by atoms with Crippen LogP contribution in [0.3, 0.4) is 0 Å². The molecule has 1 aromatic heterocycles. The maximum absolute atomic E-state index is 6.55. The van der Waals surface area contributed by atoms with Crippen LogP contribution in [0.15, 0.2) is 172 Å². The smallest absolute Gasteiger partial charge is 0.198 e. The van der Waals surface area contributed by atoms with Gasteiger partial charge in [0.25, 0.3) is 0 Å². The van der Waals surface area contributed by atoms with Gasteiger partial charge in [-0.15, -0.1) is 0 Å². The number of anilines is 5. The molecule has 3 heterocycles. The van der Waals surface area contributed by atoms with E-state index in [0.717, 1.165) is 68.7 Å². The van der Waals surface area contributed by atoms with Crippen LogP contribution < -0.4 is 21.1 Å². The lowest BCUT2D eigenvalue weighted by Crippen LogP contribution is -2.41. The van der Waals surface area contributed by atoms with E-state index in [1.54, 1.807) is 0 Å². The highest BCUT2D eigenvalue weighted by atomic mass is 32.2. The van der Waals surface area contributed by atoms with Gasteiger partial charge < -0.3 is 14.6 Å². The molecule has 9 aromatic rings. The average molecular weight is 738 g/mol. The zero-order valence-corrected chi connectivity index (χ0v) is 32.2. The lowest BCUT2D eigenvalue weighted by molar-refractivity contribution is 0.665. The zero-order chi connectivity index (χ0) is 37.3. The van der Waals surface area contributed by atoms with E-state index < -0.39 is 0 Å². The summed E-state index contributed by atoms with van der Waals surface area (Å²) in [4.78, 5) is 5.00. The first-order valence-electron chi connectivity index (χ1n) is 19.7. The van der Waals surface area contributed by atoms with Crippen LogP contribution >= 0.6 is 11.8 Å². The molecule has 56 heavy (non-hydrogen) atoms. The van der Waals surface area contributed by atoms with E-state index in [1.165, 1.54) is 53.8 Å². The van der Waals surface area contributed by atoms with Crippen molar-refractivity contribution in [2.45, 2.75) is 42.4 Å². The number of fused-ring (bicyclic) bond motifs is 8. The van der Waals surface area contributed by atoms with Crippen LogP contribution in [0.5, 0.6) is 0 Å². The Morgan fingerprint density at radius 1 is 0.643 bits per heavy atom. The molecule has 0 amide bonds. The molecule has 5 heteroatoms. The highest BCUT2D eigenvalue weighted by molar-refractivity contribution is 7.99. The molecule has 1 N–H and O–H groups in total. The van der Waals surface area contributed by atoms with Gasteiger partial charge in [-0.05, 0) is 99.9 Å². The Labute approximate surface area is 332 Å². The van der Waals surface area contributed by atoms with E-state index in [4.69, 9.17) is 4.42 Å². The fourth-order valence-electron chi connectivity index (χ4n) is 8.97. The summed E-state index contributed by atoms with van der Waals surface area (Å²) in [6.07, 6.45) is 2.30. The summed E-state index contributed by atoms with van der Waals surface area (Å²) < 4.78 is 6.55. The van der Waals surface area contributed by atoms with Crippen molar-refractivity contribution in [1.29, 1.82) is 0 Å². The fourth-order valence-corrected chi connectivity index (χ4v) is 9.99. The highest BCUT2D eigenvalue weighted by Gasteiger charge is 2.33. The van der Waals surface area contributed by atoms with E-state index in [2.05, 4.69) is 189 Å². The van der Waals surface area contributed by atoms with Crippen LogP contribution in [0.25, 0.3) is 55.0 Å². The third-order valence-electron chi connectivity index (χ3n) is 11.7. The van der Waals surface area contributed by atoms with Crippen LogP contribution in [-0.4, -0.2) is 7.28 Å². The van der Waals surface area contributed by atoms with Crippen molar-refractivity contribution in [2.24, 2.45) is 0 Å². The minimum absolute atomic E-state index is 0.456. The van der Waals surface area contributed by atoms with Gasteiger partial charge in [0.2, 0.25) is 0 Å². The van der Waals surface area contributed by atoms with Crippen LogP contribution in [0.1, 0.15) is 38.2 Å². The molecule has 0 bridgehead atoms. The third-order valence-corrected chi connectivity index (χ3v) is 12.8. The Balaban J connectivity index is 1.23. The van der Waals surface area contributed by atoms with Crippen LogP contribution in [0.2, 0.25) is 0 Å². The number of rotatable bonds is 6. The summed E-state index contributed by atoms with van der Waals surface area (Å²) in [6, 6.07) is 57.7. The lowest BCUT2D eigenvalue weighted by atomic mass is 9.57. The van der Waals surface area contributed by atoms with Crippen molar-refractivity contribution < 1.29 is 4.42 Å². The van der Waals surface area contributed by atoms with E-state index in [9.17, 15) is 0 Å². The summed E-state index contributed by atoms with van der Waals surface area (Å²) in [5.74, 6) is 0.456. The number of furan rings is 1. The maximum atomic E-state index is 6.55. The Morgan fingerprint density at radius 2 is 1.43 bits per heavy atom. The molecule has 1 radical (unpaired) electrons. The van der Waals surface area contributed by atoms with Crippen LogP contribution in [0, 0.1) is 0 Å². The molecule has 0 aliphatic carbocycles. The quantitative estimate of drug-likeness (QED) is 0.172. The van der Waals surface area contributed by atoms with Gasteiger partial charge in [-0.2, -0.15) is 0 Å². The summed E-state index contributed by atoms with van der Waals surface area (Å²) in [5, 5.41) is 8.55. The number of para-hydroxylation sites is 3. The van der Waals surface area contributed by atoms with Gasteiger partial charge >= 0.3 is 0 Å². The number of hydrogen-bond donors (Lipinski definition) is 1. The monoisotopic (exact) mass is 737 g/mol. The first kappa shape index (κ1) is 33.2. The predicted molar refractivity (Wildman–Crippen MR) is 239 cm³/mol. The molecule has 0 saturated carbocycles. The van der Waals surface area contributed by atoms with Crippen molar-refractivity contribution in [3.05, 3.63) is 163 Å². The lowest BCUT2D eigenvalue weighted by Gasteiger charge is -2.37. The molecule has 11 rings (SSSR count). The third kappa shape index (κ3) is 5.29. The van der Waals surface area contributed by atoms with E-state index >= 15 is 0 Å². The van der Waals surface area contributed by atoms with Crippen LogP contribution in [0.4, 0.5) is 28.4 Å². The van der Waals surface area contributed by atoms with Gasteiger partial charge in [0.1, 0.15) is 11.2 Å². The van der Waals surface area contributed by atoms with E-state index in [-0.39, 0.29) is 0 Å². The molecule has 1 atom stereocenters. The van der Waals surface area contributed by atoms with Crippen molar-refractivity contribution in [2.75, 3.05) is 10.2 Å². The van der Waals surface area contributed by atoms with Gasteiger partial charge in [0.15, 0.2) is 7.28 Å². The SMILES string of the molecule is CCC[C@H](C)c1ccc(N2c3cc4c(cc3[B]c3c2cc2ccccc2c3-c2cccc3c2Nc2ccccc2S3)oc2ccccc24)c(-c2ccccc2)c1. The Hall–Kier alpha value is -6.17. The molecular formula is C51H38BN2OS. The van der Waals surface area contributed by atoms with Crippen molar-refractivity contribution in [1.82, 2.24) is 0 Å². The largest absolute Gasteiger partial charge is 0.456 e. The number of nitrogens with zero attached hydrogens (tertiary/aromatic N) is 1. The molecule has 8 aromatic carbocycles. The van der Waals surface area contributed by atoms with Crippen molar-refractivity contribution >= 4 is 91.1 Å². The highest BCUT2D eigenvalue weighted by Crippen LogP contribution is 2.51.